The molecule has 0 heterocycles. The maximum atomic E-state index is 11.8. The fourth-order valence-electron chi connectivity index (χ4n) is 1.70. The summed E-state index contributed by atoms with van der Waals surface area (Å²) in [5.41, 5.74) is 6.13. The lowest BCUT2D eigenvalue weighted by Crippen LogP contribution is -2.44. The van der Waals surface area contributed by atoms with E-state index >= 15 is 0 Å². The minimum absolute atomic E-state index is 0.0334. The molecule has 20 heavy (non-hydrogen) atoms. The average molecular weight is 315 g/mol. The summed E-state index contributed by atoms with van der Waals surface area (Å²) in [6.45, 7) is 5.29. The SMILES string of the molecule is CC(=O)C(NC(=O)CSc1ccc(N)c(Cl)c1)C(C)C. The number of carbonyl (C=O) groups is 2. The van der Waals surface area contributed by atoms with Crippen molar-refractivity contribution in [3.63, 3.8) is 0 Å². The van der Waals surface area contributed by atoms with Crippen LogP contribution in [-0.2, 0) is 9.59 Å². The van der Waals surface area contributed by atoms with Crippen LogP contribution in [0, 0.1) is 5.92 Å². The van der Waals surface area contributed by atoms with Crippen molar-refractivity contribution in [2.75, 3.05) is 11.5 Å². The Bertz CT molecular complexity index is 506. The summed E-state index contributed by atoms with van der Waals surface area (Å²) in [4.78, 5) is 24.1. The molecule has 1 rings (SSSR count). The highest BCUT2D eigenvalue weighted by molar-refractivity contribution is 8.00. The van der Waals surface area contributed by atoms with Crippen molar-refractivity contribution >= 4 is 40.7 Å². The van der Waals surface area contributed by atoms with E-state index in [0.717, 1.165) is 4.90 Å². The Morgan fingerprint density at radius 1 is 1.40 bits per heavy atom. The van der Waals surface area contributed by atoms with Gasteiger partial charge in [0.1, 0.15) is 0 Å². The Morgan fingerprint density at radius 3 is 2.55 bits per heavy atom. The molecule has 4 nitrogen and oxygen atoms in total. The second-order valence-electron chi connectivity index (χ2n) is 4.87. The lowest BCUT2D eigenvalue weighted by atomic mass is 10.0. The molecular formula is C14H19ClN2O2S. The van der Waals surface area contributed by atoms with Crippen LogP contribution in [0.5, 0.6) is 0 Å². The van der Waals surface area contributed by atoms with Gasteiger partial charge in [0.25, 0.3) is 0 Å². The predicted molar refractivity (Wildman–Crippen MR) is 84.0 cm³/mol. The van der Waals surface area contributed by atoms with E-state index in [4.69, 9.17) is 17.3 Å². The van der Waals surface area contributed by atoms with Gasteiger partial charge in [-0.25, -0.2) is 0 Å². The van der Waals surface area contributed by atoms with Gasteiger partial charge < -0.3 is 11.1 Å². The van der Waals surface area contributed by atoms with E-state index < -0.39 is 6.04 Å². The van der Waals surface area contributed by atoms with Crippen molar-refractivity contribution in [3.8, 4) is 0 Å². The van der Waals surface area contributed by atoms with Gasteiger partial charge in [0.15, 0.2) is 5.78 Å². The molecule has 110 valence electrons. The highest BCUT2D eigenvalue weighted by Crippen LogP contribution is 2.26. The summed E-state index contributed by atoms with van der Waals surface area (Å²) in [7, 11) is 0. The number of anilines is 1. The van der Waals surface area contributed by atoms with E-state index in [0.29, 0.717) is 10.7 Å². The molecular weight excluding hydrogens is 296 g/mol. The van der Waals surface area contributed by atoms with E-state index in [-0.39, 0.29) is 23.4 Å². The zero-order valence-electron chi connectivity index (χ0n) is 11.8. The molecule has 0 bridgehead atoms. The van der Waals surface area contributed by atoms with E-state index in [9.17, 15) is 9.59 Å². The number of hydrogen-bond donors (Lipinski definition) is 2. The van der Waals surface area contributed by atoms with Gasteiger partial charge in [-0.15, -0.1) is 11.8 Å². The minimum atomic E-state index is -0.432. The van der Waals surface area contributed by atoms with Crippen LogP contribution in [0.2, 0.25) is 5.02 Å². The van der Waals surface area contributed by atoms with Gasteiger partial charge in [0.05, 0.1) is 22.5 Å². The summed E-state index contributed by atoms with van der Waals surface area (Å²) >= 11 is 7.27. The molecule has 0 spiro atoms. The molecule has 0 aliphatic rings. The van der Waals surface area contributed by atoms with Crippen molar-refractivity contribution in [2.45, 2.75) is 31.7 Å². The topological polar surface area (TPSA) is 72.2 Å². The number of amides is 1. The van der Waals surface area contributed by atoms with Crippen LogP contribution in [0.4, 0.5) is 5.69 Å². The number of ketones is 1. The van der Waals surface area contributed by atoms with Crippen molar-refractivity contribution in [3.05, 3.63) is 23.2 Å². The second-order valence-corrected chi connectivity index (χ2v) is 6.33. The number of carbonyl (C=O) groups excluding carboxylic acids is 2. The number of Topliss-reactive ketones (excluding diaryl/α,β-unsaturated/α-hetero) is 1. The van der Waals surface area contributed by atoms with E-state index in [1.54, 1.807) is 12.1 Å². The van der Waals surface area contributed by atoms with Crippen molar-refractivity contribution in [2.24, 2.45) is 5.92 Å². The number of hydrogen-bond acceptors (Lipinski definition) is 4. The molecule has 1 atom stereocenters. The van der Waals surface area contributed by atoms with Crippen molar-refractivity contribution in [1.82, 2.24) is 5.32 Å². The van der Waals surface area contributed by atoms with Crippen LogP contribution in [0.1, 0.15) is 20.8 Å². The van der Waals surface area contributed by atoms with Crippen molar-refractivity contribution < 1.29 is 9.59 Å². The Morgan fingerprint density at radius 2 is 2.05 bits per heavy atom. The Labute approximate surface area is 128 Å². The van der Waals surface area contributed by atoms with Gasteiger partial charge >= 0.3 is 0 Å². The van der Waals surface area contributed by atoms with E-state index in [2.05, 4.69) is 5.32 Å². The van der Waals surface area contributed by atoms with E-state index in [1.165, 1.54) is 18.7 Å². The predicted octanol–water partition coefficient (Wildman–Crippen LogP) is 2.74. The fourth-order valence-corrected chi connectivity index (χ4v) is 2.69. The smallest absolute Gasteiger partial charge is 0.230 e. The molecule has 0 saturated carbocycles. The van der Waals surface area contributed by atoms with Gasteiger partial charge in [0, 0.05) is 4.90 Å². The molecule has 1 amide bonds. The molecule has 0 aliphatic heterocycles. The average Bonchev–Trinajstić information content (AvgIpc) is 2.36. The van der Waals surface area contributed by atoms with Crippen molar-refractivity contribution in [1.29, 1.82) is 0 Å². The lowest BCUT2D eigenvalue weighted by Gasteiger charge is -2.19. The van der Waals surface area contributed by atoms with Crippen LogP contribution in [0.25, 0.3) is 0 Å². The first kappa shape index (κ1) is 16.9. The van der Waals surface area contributed by atoms with Crippen LogP contribution < -0.4 is 11.1 Å². The number of rotatable bonds is 6. The summed E-state index contributed by atoms with van der Waals surface area (Å²) in [5, 5.41) is 3.22. The first-order valence-corrected chi connectivity index (χ1v) is 7.65. The number of thioether (sulfide) groups is 1. The molecule has 0 saturated heterocycles. The zero-order valence-corrected chi connectivity index (χ0v) is 13.3. The molecule has 6 heteroatoms. The summed E-state index contributed by atoms with van der Waals surface area (Å²) < 4.78 is 0. The number of benzene rings is 1. The summed E-state index contributed by atoms with van der Waals surface area (Å²) in [6, 6.07) is 4.80. The molecule has 3 N–H and O–H groups in total. The van der Waals surface area contributed by atoms with Gasteiger partial charge in [0.2, 0.25) is 5.91 Å². The quantitative estimate of drug-likeness (QED) is 0.625. The number of halogens is 1. The molecule has 1 aromatic carbocycles. The van der Waals surface area contributed by atoms with Crippen LogP contribution in [0.15, 0.2) is 23.1 Å². The van der Waals surface area contributed by atoms with Crippen LogP contribution in [-0.4, -0.2) is 23.5 Å². The first-order chi connectivity index (χ1) is 9.31. The standard InChI is InChI=1S/C14H19ClN2O2S/c1-8(2)14(9(3)18)17-13(19)7-20-10-4-5-12(16)11(15)6-10/h4-6,8,14H,7,16H2,1-3H3,(H,17,19). The molecule has 1 unspecified atom stereocenters. The Balaban J connectivity index is 2.54. The number of nitrogens with one attached hydrogen (secondary N) is 1. The third-order valence-corrected chi connectivity index (χ3v) is 4.08. The Kier molecular flexibility index (Phi) is 6.36. The molecule has 0 aliphatic carbocycles. The number of nitrogen functional groups attached to an aromatic ring is 1. The first-order valence-electron chi connectivity index (χ1n) is 6.29. The monoisotopic (exact) mass is 314 g/mol. The molecule has 0 radical (unpaired) electrons. The summed E-state index contributed by atoms with van der Waals surface area (Å²) in [6.07, 6.45) is 0. The largest absolute Gasteiger partial charge is 0.398 e. The zero-order chi connectivity index (χ0) is 15.3. The highest BCUT2D eigenvalue weighted by atomic mass is 35.5. The summed E-state index contributed by atoms with van der Waals surface area (Å²) in [5.74, 6) is 0.106. The maximum absolute atomic E-state index is 11.8. The lowest BCUT2D eigenvalue weighted by molar-refractivity contribution is -0.126. The third kappa shape index (κ3) is 5.06. The second kappa shape index (κ2) is 7.55. The van der Waals surface area contributed by atoms with Crippen LogP contribution >= 0.6 is 23.4 Å². The molecule has 1 aromatic rings. The van der Waals surface area contributed by atoms with E-state index in [1.807, 2.05) is 19.9 Å². The minimum Gasteiger partial charge on any atom is -0.398 e. The van der Waals surface area contributed by atoms with Gasteiger partial charge in [-0.05, 0) is 31.0 Å². The maximum Gasteiger partial charge on any atom is 0.230 e. The van der Waals surface area contributed by atoms with Crippen LogP contribution in [0.3, 0.4) is 0 Å². The highest BCUT2D eigenvalue weighted by Gasteiger charge is 2.20. The normalized spacial score (nSPS) is 12.2. The third-order valence-electron chi connectivity index (χ3n) is 2.76. The van der Waals surface area contributed by atoms with Gasteiger partial charge in [-0.2, -0.15) is 0 Å². The number of nitrogens with two attached hydrogens (primary N) is 1. The molecule has 0 aromatic heterocycles. The fraction of sp³-hybridized carbons (Fsp3) is 0.429. The molecule has 0 fully saturated rings. The van der Waals surface area contributed by atoms with Gasteiger partial charge in [-0.1, -0.05) is 25.4 Å². The Hall–Kier alpha value is -1.20. The van der Waals surface area contributed by atoms with Gasteiger partial charge in [-0.3, -0.25) is 9.59 Å².